The molecule has 0 unspecified atom stereocenters. The number of nitrogens with two attached hydrogens (primary N) is 1. The molecule has 4 aromatic rings. The van der Waals surface area contributed by atoms with E-state index in [0.717, 1.165) is 16.5 Å². The number of aromatic nitrogens is 2. The van der Waals surface area contributed by atoms with Gasteiger partial charge in [-0.1, -0.05) is 12.1 Å². The molecule has 0 spiro atoms. The van der Waals surface area contributed by atoms with Gasteiger partial charge in [0.05, 0.1) is 5.52 Å². The lowest BCUT2D eigenvalue weighted by Gasteiger charge is -2.15. The van der Waals surface area contributed by atoms with Gasteiger partial charge in [0.15, 0.2) is 5.82 Å². The van der Waals surface area contributed by atoms with E-state index in [0.29, 0.717) is 24.5 Å². The van der Waals surface area contributed by atoms with Gasteiger partial charge >= 0.3 is 0 Å². The highest BCUT2D eigenvalue weighted by Crippen LogP contribution is 2.26. The van der Waals surface area contributed by atoms with E-state index in [1.807, 2.05) is 6.07 Å². The third-order valence-corrected chi connectivity index (χ3v) is 4.40. The molecular weight excluding hydrogens is 346 g/mol. The first-order chi connectivity index (χ1) is 13.0. The maximum absolute atomic E-state index is 11.9. The minimum atomic E-state index is -0.560. The number of nitrogen functional groups attached to an aromatic ring is 1. The van der Waals surface area contributed by atoms with Crippen molar-refractivity contribution >= 4 is 33.8 Å². The Morgan fingerprint density at radius 1 is 1.07 bits per heavy atom. The van der Waals surface area contributed by atoms with Crippen LogP contribution in [0.5, 0.6) is 5.75 Å². The molecule has 3 aromatic carbocycles. The van der Waals surface area contributed by atoms with Gasteiger partial charge in [-0.25, -0.2) is 0 Å². The molecule has 0 radical (unpaired) electrons. The SMILES string of the molecule is Nc1n[nH]c2ccc(Nc3c(NCCc4cccc(O)c4)c(=O)c3=O)cc12. The predicted molar refractivity (Wildman–Crippen MR) is 105 cm³/mol. The summed E-state index contributed by atoms with van der Waals surface area (Å²) >= 11 is 0. The van der Waals surface area contributed by atoms with Crippen LogP contribution >= 0.6 is 0 Å². The standard InChI is InChI=1S/C19H17N5O3/c20-19-13-9-11(4-5-14(13)23-24-19)22-16-15(17(26)18(16)27)21-7-6-10-2-1-3-12(25)8-10/h1-5,8-9,21-22,25H,6-7H2,(H3,20,23,24). The summed E-state index contributed by atoms with van der Waals surface area (Å²) in [5, 5.41) is 22.9. The lowest BCUT2D eigenvalue weighted by Crippen LogP contribution is -2.37. The van der Waals surface area contributed by atoms with Crippen molar-refractivity contribution in [3.05, 3.63) is 68.5 Å². The first-order valence-electron chi connectivity index (χ1n) is 8.38. The molecule has 0 atom stereocenters. The van der Waals surface area contributed by atoms with Gasteiger partial charge in [-0.2, -0.15) is 5.10 Å². The van der Waals surface area contributed by atoms with Gasteiger partial charge in [-0.05, 0) is 42.3 Å². The summed E-state index contributed by atoms with van der Waals surface area (Å²) in [5.74, 6) is 0.556. The van der Waals surface area contributed by atoms with Gasteiger partial charge in [0.25, 0.3) is 10.9 Å². The zero-order valence-corrected chi connectivity index (χ0v) is 14.2. The molecule has 136 valence electrons. The Labute approximate surface area is 153 Å². The number of H-pyrrole nitrogens is 1. The van der Waals surface area contributed by atoms with Crippen molar-refractivity contribution in [1.82, 2.24) is 10.2 Å². The Balaban J connectivity index is 1.49. The van der Waals surface area contributed by atoms with Crippen LogP contribution in [0.1, 0.15) is 5.56 Å². The summed E-state index contributed by atoms with van der Waals surface area (Å²) in [6.45, 7) is 0.455. The summed E-state index contributed by atoms with van der Waals surface area (Å²) in [4.78, 5) is 23.8. The summed E-state index contributed by atoms with van der Waals surface area (Å²) < 4.78 is 0. The highest BCUT2D eigenvalue weighted by atomic mass is 16.3. The summed E-state index contributed by atoms with van der Waals surface area (Å²) in [6, 6.07) is 12.2. The Hall–Kier alpha value is -3.81. The lowest BCUT2D eigenvalue weighted by molar-refractivity contribution is 0.474. The molecule has 0 aliphatic rings. The van der Waals surface area contributed by atoms with Crippen LogP contribution in [0.3, 0.4) is 0 Å². The van der Waals surface area contributed by atoms with E-state index in [4.69, 9.17) is 5.73 Å². The zero-order valence-electron chi connectivity index (χ0n) is 14.2. The van der Waals surface area contributed by atoms with Crippen molar-refractivity contribution in [2.45, 2.75) is 6.42 Å². The third-order valence-electron chi connectivity index (χ3n) is 4.40. The number of nitrogens with one attached hydrogen (secondary N) is 3. The Morgan fingerprint density at radius 3 is 2.70 bits per heavy atom. The molecule has 0 aliphatic carbocycles. The van der Waals surface area contributed by atoms with E-state index in [2.05, 4.69) is 20.8 Å². The van der Waals surface area contributed by atoms with E-state index in [1.165, 1.54) is 0 Å². The second-order valence-electron chi connectivity index (χ2n) is 6.25. The number of aromatic hydroxyl groups is 1. The Morgan fingerprint density at radius 2 is 1.89 bits per heavy atom. The maximum Gasteiger partial charge on any atom is 0.253 e. The van der Waals surface area contributed by atoms with Crippen molar-refractivity contribution in [3.8, 4) is 5.75 Å². The monoisotopic (exact) mass is 363 g/mol. The number of hydrogen-bond acceptors (Lipinski definition) is 7. The highest BCUT2D eigenvalue weighted by molar-refractivity contribution is 5.92. The first kappa shape index (κ1) is 16.6. The van der Waals surface area contributed by atoms with Crippen LogP contribution in [-0.4, -0.2) is 21.8 Å². The first-order valence-corrected chi connectivity index (χ1v) is 8.38. The van der Waals surface area contributed by atoms with E-state index in [-0.39, 0.29) is 17.1 Å². The Kier molecular flexibility index (Phi) is 4.00. The van der Waals surface area contributed by atoms with E-state index in [9.17, 15) is 14.7 Å². The second kappa shape index (κ2) is 6.49. The number of aromatic amines is 1. The molecule has 0 saturated carbocycles. The molecule has 0 saturated heterocycles. The molecule has 0 amide bonds. The fourth-order valence-electron chi connectivity index (χ4n) is 2.98. The van der Waals surface area contributed by atoms with Crippen LogP contribution in [0.25, 0.3) is 10.9 Å². The number of phenols is 1. The summed E-state index contributed by atoms with van der Waals surface area (Å²) in [5.41, 5.74) is 7.54. The van der Waals surface area contributed by atoms with Crippen LogP contribution < -0.4 is 27.2 Å². The minimum absolute atomic E-state index is 0.192. The van der Waals surface area contributed by atoms with E-state index >= 15 is 0 Å². The van der Waals surface area contributed by atoms with Crippen molar-refractivity contribution in [2.75, 3.05) is 22.9 Å². The van der Waals surface area contributed by atoms with Crippen molar-refractivity contribution < 1.29 is 5.11 Å². The van der Waals surface area contributed by atoms with Crippen molar-refractivity contribution in [3.63, 3.8) is 0 Å². The van der Waals surface area contributed by atoms with Crippen LogP contribution in [0, 0.1) is 0 Å². The van der Waals surface area contributed by atoms with E-state index < -0.39 is 10.9 Å². The number of phenolic OH excluding ortho intramolecular Hbond substituents is 1. The van der Waals surface area contributed by atoms with Gasteiger partial charge < -0.3 is 21.5 Å². The molecule has 0 aliphatic heterocycles. The normalized spacial score (nSPS) is 11.1. The van der Waals surface area contributed by atoms with Crippen molar-refractivity contribution in [2.24, 2.45) is 0 Å². The average Bonchev–Trinajstić information content (AvgIpc) is 3.04. The lowest BCUT2D eigenvalue weighted by atomic mass is 10.1. The maximum atomic E-state index is 11.9. The van der Waals surface area contributed by atoms with Gasteiger partial charge in [0.2, 0.25) is 0 Å². The zero-order chi connectivity index (χ0) is 19.0. The highest BCUT2D eigenvalue weighted by Gasteiger charge is 2.21. The van der Waals surface area contributed by atoms with Gasteiger partial charge in [0, 0.05) is 17.6 Å². The molecule has 0 fully saturated rings. The fraction of sp³-hybridized carbons (Fsp3) is 0.105. The second-order valence-corrected chi connectivity index (χ2v) is 6.25. The van der Waals surface area contributed by atoms with Gasteiger partial charge in [0.1, 0.15) is 17.1 Å². The largest absolute Gasteiger partial charge is 0.508 e. The summed E-state index contributed by atoms with van der Waals surface area (Å²) in [7, 11) is 0. The van der Waals surface area contributed by atoms with Crippen LogP contribution in [0.4, 0.5) is 22.9 Å². The predicted octanol–water partition coefficient (Wildman–Crippen LogP) is 1.84. The number of benzene rings is 2. The minimum Gasteiger partial charge on any atom is -0.508 e. The van der Waals surface area contributed by atoms with Crippen molar-refractivity contribution in [1.29, 1.82) is 0 Å². The van der Waals surface area contributed by atoms with Gasteiger partial charge in [-0.15, -0.1) is 0 Å². The molecule has 27 heavy (non-hydrogen) atoms. The van der Waals surface area contributed by atoms with Crippen LogP contribution in [0.15, 0.2) is 52.1 Å². The molecule has 8 heteroatoms. The Bertz CT molecular complexity index is 1200. The van der Waals surface area contributed by atoms with Crippen LogP contribution in [0.2, 0.25) is 0 Å². The topological polar surface area (TPSA) is 133 Å². The molecule has 6 N–H and O–H groups in total. The molecule has 1 heterocycles. The molecular formula is C19H17N5O3. The quantitative estimate of drug-likeness (QED) is 0.330. The number of hydrogen-bond donors (Lipinski definition) is 5. The smallest absolute Gasteiger partial charge is 0.253 e. The molecule has 0 bridgehead atoms. The average molecular weight is 363 g/mol. The number of fused-ring (bicyclic) bond motifs is 1. The molecule has 4 rings (SSSR count). The number of nitrogens with zero attached hydrogens (tertiary/aromatic N) is 1. The number of rotatable bonds is 6. The van der Waals surface area contributed by atoms with Gasteiger partial charge in [-0.3, -0.25) is 14.7 Å². The third kappa shape index (κ3) is 3.08. The molecule has 1 aromatic heterocycles. The summed E-state index contributed by atoms with van der Waals surface area (Å²) in [6.07, 6.45) is 0.601. The molecule has 8 nitrogen and oxygen atoms in total. The number of anilines is 4. The van der Waals surface area contributed by atoms with E-state index in [1.54, 1.807) is 36.4 Å². The fourth-order valence-corrected chi connectivity index (χ4v) is 2.98. The van der Waals surface area contributed by atoms with Crippen LogP contribution in [-0.2, 0) is 6.42 Å².